The van der Waals surface area contributed by atoms with Crippen molar-refractivity contribution in [1.29, 1.82) is 5.26 Å². The van der Waals surface area contributed by atoms with Gasteiger partial charge in [-0.25, -0.2) is 0 Å². The average molecular weight is 391 g/mol. The first-order valence-electron chi connectivity index (χ1n) is 10.0. The average Bonchev–Trinajstić information content (AvgIpc) is 2.73. The molecule has 1 aliphatic carbocycles. The van der Waals surface area contributed by atoms with Gasteiger partial charge in [0, 0.05) is 17.8 Å². The van der Waals surface area contributed by atoms with Gasteiger partial charge in [0.1, 0.15) is 23.1 Å². The molecule has 1 fully saturated rings. The van der Waals surface area contributed by atoms with Crippen LogP contribution in [-0.2, 0) is 0 Å². The van der Waals surface area contributed by atoms with Crippen molar-refractivity contribution in [3.63, 3.8) is 0 Å². The van der Waals surface area contributed by atoms with Crippen LogP contribution in [0.4, 0.5) is 0 Å². The van der Waals surface area contributed by atoms with Crippen LogP contribution in [0.5, 0.6) is 11.5 Å². The monoisotopic (exact) mass is 391 g/mol. The first kappa shape index (κ1) is 19.1. The number of methoxy groups -OCH3 is 1. The zero-order valence-corrected chi connectivity index (χ0v) is 16.8. The lowest BCUT2D eigenvalue weighted by Crippen LogP contribution is -2.35. The molecule has 2 aliphatic rings. The third-order valence-electron chi connectivity index (χ3n) is 6.01. The standard InChI is InChI=1S/C23H25N3O3/c1-14-12-19-21(23(27)26(14)16-6-4-3-5-7-16)20(18(13-24)22(25)29-19)15-8-10-17(28-2)11-9-15/h8-12,16,20H,3-7,25H2,1-2H3. The number of allylic oxidation sites excluding steroid dienone is 1. The Morgan fingerprint density at radius 2 is 1.90 bits per heavy atom. The summed E-state index contributed by atoms with van der Waals surface area (Å²) < 4.78 is 12.9. The van der Waals surface area contributed by atoms with Crippen LogP contribution in [0.2, 0.25) is 0 Å². The van der Waals surface area contributed by atoms with Crippen molar-refractivity contribution in [3.05, 3.63) is 69.0 Å². The lowest BCUT2D eigenvalue weighted by Gasteiger charge is -2.31. The van der Waals surface area contributed by atoms with Gasteiger partial charge in [0.05, 0.1) is 18.6 Å². The van der Waals surface area contributed by atoms with Gasteiger partial charge >= 0.3 is 0 Å². The molecule has 1 aromatic carbocycles. The van der Waals surface area contributed by atoms with E-state index in [0.717, 1.165) is 36.9 Å². The van der Waals surface area contributed by atoms with E-state index in [4.69, 9.17) is 15.2 Å². The molecule has 0 saturated heterocycles. The number of nitrogens with zero attached hydrogens (tertiary/aromatic N) is 2. The minimum Gasteiger partial charge on any atom is -0.497 e. The van der Waals surface area contributed by atoms with Crippen molar-refractivity contribution in [3.8, 4) is 17.6 Å². The van der Waals surface area contributed by atoms with Crippen LogP contribution in [0.15, 0.2) is 46.6 Å². The Kier molecular flexibility index (Phi) is 5.06. The molecule has 0 radical (unpaired) electrons. The van der Waals surface area contributed by atoms with Gasteiger partial charge in [-0.15, -0.1) is 0 Å². The van der Waals surface area contributed by atoms with Gasteiger partial charge in [0.2, 0.25) is 5.88 Å². The molecule has 6 heteroatoms. The third-order valence-corrected chi connectivity index (χ3v) is 6.01. The Bertz CT molecular complexity index is 1050. The van der Waals surface area contributed by atoms with E-state index in [9.17, 15) is 10.1 Å². The minimum atomic E-state index is -0.558. The zero-order valence-electron chi connectivity index (χ0n) is 16.8. The molecular weight excluding hydrogens is 366 g/mol. The number of aryl methyl sites for hydroxylation is 1. The van der Waals surface area contributed by atoms with Crippen LogP contribution in [0.1, 0.15) is 60.9 Å². The Morgan fingerprint density at radius 3 is 2.52 bits per heavy atom. The fourth-order valence-corrected chi connectivity index (χ4v) is 4.58. The van der Waals surface area contributed by atoms with E-state index < -0.39 is 5.92 Å². The zero-order chi connectivity index (χ0) is 20.5. The highest BCUT2D eigenvalue weighted by atomic mass is 16.5. The third kappa shape index (κ3) is 3.27. The van der Waals surface area contributed by atoms with Gasteiger partial charge in [-0.3, -0.25) is 4.79 Å². The Hall–Kier alpha value is -3.20. The van der Waals surface area contributed by atoms with Crippen molar-refractivity contribution in [2.75, 3.05) is 7.11 Å². The van der Waals surface area contributed by atoms with Crippen LogP contribution in [-0.4, -0.2) is 11.7 Å². The van der Waals surface area contributed by atoms with E-state index in [-0.39, 0.29) is 23.1 Å². The maximum atomic E-state index is 13.7. The molecule has 4 rings (SSSR count). The fourth-order valence-electron chi connectivity index (χ4n) is 4.58. The first-order valence-corrected chi connectivity index (χ1v) is 10.0. The van der Waals surface area contributed by atoms with Crippen LogP contribution in [0.25, 0.3) is 0 Å². The summed E-state index contributed by atoms with van der Waals surface area (Å²) >= 11 is 0. The highest BCUT2D eigenvalue weighted by Gasteiger charge is 2.35. The van der Waals surface area contributed by atoms with E-state index >= 15 is 0 Å². The molecule has 1 aliphatic heterocycles. The second-order valence-corrected chi connectivity index (χ2v) is 7.73. The molecule has 0 bridgehead atoms. The maximum Gasteiger partial charge on any atom is 0.258 e. The summed E-state index contributed by atoms with van der Waals surface area (Å²) in [5.41, 5.74) is 8.40. The van der Waals surface area contributed by atoms with E-state index in [2.05, 4.69) is 6.07 Å². The molecule has 2 aromatic rings. The summed E-state index contributed by atoms with van der Waals surface area (Å²) in [6.45, 7) is 1.93. The minimum absolute atomic E-state index is 0.0510. The summed E-state index contributed by atoms with van der Waals surface area (Å²) in [5.74, 6) is 0.643. The smallest absolute Gasteiger partial charge is 0.258 e. The van der Waals surface area contributed by atoms with E-state index in [0.29, 0.717) is 17.1 Å². The number of pyridine rings is 1. The number of hydrogen-bond acceptors (Lipinski definition) is 5. The van der Waals surface area contributed by atoms with Gasteiger partial charge < -0.3 is 19.8 Å². The summed E-state index contributed by atoms with van der Waals surface area (Å²) in [5, 5.41) is 9.78. The van der Waals surface area contributed by atoms with Crippen molar-refractivity contribution in [2.24, 2.45) is 5.73 Å². The van der Waals surface area contributed by atoms with Crippen molar-refractivity contribution in [2.45, 2.75) is 51.0 Å². The number of nitrogens with two attached hydrogens (primary N) is 1. The van der Waals surface area contributed by atoms with Gasteiger partial charge in [-0.05, 0) is 37.5 Å². The normalized spacial score (nSPS) is 19.3. The summed E-state index contributed by atoms with van der Waals surface area (Å²) in [6.07, 6.45) is 5.46. The molecule has 1 aromatic heterocycles. The van der Waals surface area contributed by atoms with E-state index in [1.54, 1.807) is 7.11 Å². The van der Waals surface area contributed by atoms with Crippen LogP contribution in [0, 0.1) is 18.3 Å². The van der Waals surface area contributed by atoms with Crippen LogP contribution >= 0.6 is 0 Å². The summed E-state index contributed by atoms with van der Waals surface area (Å²) in [6, 6.07) is 11.6. The number of nitriles is 1. The topological polar surface area (TPSA) is 90.3 Å². The molecule has 0 amide bonds. The quantitative estimate of drug-likeness (QED) is 0.857. The summed E-state index contributed by atoms with van der Waals surface area (Å²) in [4.78, 5) is 13.7. The molecule has 2 heterocycles. The maximum absolute atomic E-state index is 13.7. The molecule has 150 valence electrons. The molecule has 1 saturated carbocycles. The van der Waals surface area contributed by atoms with Crippen molar-refractivity contribution >= 4 is 0 Å². The predicted molar refractivity (Wildman–Crippen MR) is 110 cm³/mol. The highest BCUT2D eigenvalue weighted by Crippen LogP contribution is 2.41. The SMILES string of the molecule is COc1ccc(C2C(C#N)=C(N)Oc3cc(C)n(C4CCCCC4)c(=O)c32)cc1. The fraction of sp³-hybridized carbons (Fsp3) is 0.391. The van der Waals surface area contributed by atoms with E-state index in [1.807, 2.05) is 41.8 Å². The Balaban J connectivity index is 1.92. The molecule has 1 unspecified atom stereocenters. The lowest BCUT2D eigenvalue weighted by atomic mass is 9.83. The second kappa shape index (κ2) is 7.67. The summed E-state index contributed by atoms with van der Waals surface area (Å²) in [7, 11) is 1.60. The largest absolute Gasteiger partial charge is 0.497 e. The number of benzene rings is 1. The predicted octanol–water partition coefficient (Wildman–Crippen LogP) is 3.89. The molecular formula is C23H25N3O3. The lowest BCUT2D eigenvalue weighted by molar-refractivity contribution is 0.333. The number of ether oxygens (including phenoxy) is 2. The highest BCUT2D eigenvalue weighted by molar-refractivity contribution is 5.55. The van der Waals surface area contributed by atoms with Gasteiger partial charge in [-0.1, -0.05) is 31.4 Å². The van der Waals surface area contributed by atoms with Crippen LogP contribution < -0.4 is 20.8 Å². The van der Waals surface area contributed by atoms with Crippen molar-refractivity contribution < 1.29 is 9.47 Å². The van der Waals surface area contributed by atoms with E-state index in [1.165, 1.54) is 6.42 Å². The molecule has 2 N–H and O–H groups in total. The number of fused-ring (bicyclic) bond motifs is 1. The molecule has 6 nitrogen and oxygen atoms in total. The molecule has 1 atom stereocenters. The van der Waals surface area contributed by atoms with Crippen molar-refractivity contribution in [1.82, 2.24) is 4.57 Å². The van der Waals surface area contributed by atoms with Gasteiger partial charge in [0.15, 0.2) is 0 Å². The van der Waals surface area contributed by atoms with Crippen LogP contribution in [0.3, 0.4) is 0 Å². The molecule has 29 heavy (non-hydrogen) atoms. The second-order valence-electron chi connectivity index (χ2n) is 7.73. The first-order chi connectivity index (χ1) is 14.0. The Labute approximate surface area is 170 Å². The van der Waals surface area contributed by atoms with Gasteiger partial charge in [0.25, 0.3) is 5.56 Å². The number of hydrogen-bond donors (Lipinski definition) is 1. The number of aromatic nitrogens is 1. The van der Waals surface area contributed by atoms with Gasteiger partial charge in [-0.2, -0.15) is 5.26 Å². The Morgan fingerprint density at radius 1 is 1.21 bits per heavy atom. The number of rotatable bonds is 3. The molecule has 0 spiro atoms.